The lowest BCUT2D eigenvalue weighted by atomic mass is 10.0. The van der Waals surface area contributed by atoms with Crippen molar-refractivity contribution < 1.29 is 19.1 Å². The monoisotopic (exact) mass is 574 g/mol. The third-order valence-electron chi connectivity index (χ3n) is 7.42. The van der Waals surface area contributed by atoms with Crippen molar-refractivity contribution in [3.63, 3.8) is 0 Å². The summed E-state index contributed by atoms with van der Waals surface area (Å²) in [6, 6.07) is 5.35. The number of fused-ring (bicyclic) bond motifs is 2. The number of nitrogens with two attached hydrogens (primary N) is 1. The van der Waals surface area contributed by atoms with Crippen molar-refractivity contribution in [1.82, 2.24) is 24.1 Å². The standard InChI is InChI=1S/C30H38N8O4/c1-7-38(29(41)42-30(3,4)5)20-10-12-36(13-11-20)24-9-8-21(25-23(24)17-35(6)34-25)28(40)33-19-14-22(26(31)39)27-32-18(2)15-37(27)16-19/h8-9,14-17,20H,7,10-13H2,1-6H3,(H2,31,39)(H,33,40). The van der Waals surface area contributed by atoms with Crippen molar-refractivity contribution in [3.05, 3.63) is 53.6 Å². The van der Waals surface area contributed by atoms with Crippen LogP contribution in [0.5, 0.6) is 0 Å². The predicted octanol–water partition coefficient (Wildman–Crippen LogP) is 4.11. The molecule has 12 nitrogen and oxygen atoms in total. The van der Waals surface area contributed by atoms with Gasteiger partial charge in [0.15, 0.2) is 0 Å². The molecule has 4 aromatic rings. The number of aromatic nitrogens is 4. The Morgan fingerprint density at radius 2 is 1.83 bits per heavy atom. The van der Waals surface area contributed by atoms with Crippen LogP contribution in [0.25, 0.3) is 16.6 Å². The molecule has 3 amide bonds. The Morgan fingerprint density at radius 1 is 1.12 bits per heavy atom. The molecular formula is C30H38N8O4. The van der Waals surface area contributed by atoms with E-state index >= 15 is 0 Å². The Kier molecular flexibility index (Phi) is 7.56. The first kappa shape index (κ1) is 28.9. The molecule has 0 radical (unpaired) electrons. The highest BCUT2D eigenvalue weighted by Crippen LogP contribution is 2.32. The summed E-state index contributed by atoms with van der Waals surface area (Å²) in [6.07, 6.45) is 6.70. The number of hydrogen-bond donors (Lipinski definition) is 2. The summed E-state index contributed by atoms with van der Waals surface area (Å²) in [4.78, 5) is 46.8. The molecule has 12 heteroatoms. The molecule has 3 N–H and O–H groups in total. The Morgan fingerprint density at radius 3 is 2.48 bits per heavy atom. The maximum atomic E-state index is 13.5. The number of anilines is 2. The number of piperidine rings is 1. The number of benzene rings is 1. The van der Waals surface area contributed by atoms with Gasteiger partial charge < -0.3 is 30.0 Å². The van der Waals surface area contributed by atoms with Crippen molar-refractivity contribution >= 4 is 45.8 Å². The van der Waals surface area contributed by atoms with Crippen molar-refractivity contribution in [1.29, 1.82) is 0 Å². The van der Waals surface area contributed by atoms with Gasteiger partial charge in [0, 0.05) is 62.4 Å². The van der Waals surface area contributed by atoms with E-state index in [2.05, 4.69) is 20.3 Å². The van der Waals surface area contributed by atoms with E-state index in [-0.39, 0.29) is 23.6 Å². The predicted molar refractivity (Wildman–Crippen MR) is 161 cm³/mol. The Hall–Kier alpha value is -4.61. The molecule has 1 aliphatic rings. The summed E-state index contributed by atoms with van der Waals surface area (Å²) in [7, 11) is 1.83. The second kappa shape index (κ2) is 11.0. The van der Waals surface area contributed by atoms with Crippen molar-refractivity contribution in [2.75, 3.05) is 29.9 Å². The number of amides is 3. The zero-order valence-corrected chi connectivity index (χ0v) is 25.0. The van der Waals surface area contributed by atoms with Gasteiger partial charge in [-0.15, -0.1) is 0 Å². The molecule has 4 heterocycles. The van der Waals surface area contributed by atoms with Gasteiger partial charge in [-0.2, -0.15) is 5.10 Å². The van der Waals surface area contributed by atoms with Crippen LogP contribution in [0.1, 0.15) is 66.9 Å². The fourth-order valence-electron chi connectivity index (χ4n) is 5.61. The van der Waals surface area contributed by atoms with Gasteiger partial charge in [0.25, 0.3) is 11.8 Å². The molecule has 42 heavy (non-hydrogen) atoms. The summed E-state index contributed by atoms with van der Waals surface area (Å²) in [5.74, 6) is -0.985. The first-order valence-electron chi connectivity index (χ1n) is 14.2. The smallest absolute Gasteiger partial charge is 0.410 e. The maximum absolute atomic E-state index is 13.5. The molecule has 1 aliphatic heterocycles. The highest BCUT2D eigenvalue weighted by molar-refractivity contribution is 6.14. The number of nitrogens with one attached hydrogen (secondary N) is 1. The number of nitrogens with zero attached hydrogens (tertiary/aromatic N) is 6. The molecule has 0 atom stereocenters. The van der Waals surface area contributed by atoms with E-state index < -0.39 is 11.5 Å². The fraction of sp³-hybridized carbons (Fsp3) is 0.433. The lowest BCUT2D eigenvalue weighted by Crippen LogP contribution is -2.48. The normalized spacial score (nSPS) is 14.4. The largest absolute Gasteiger partial charge is 0.444 e. The van der Waals surface area contributed by atoms with Gasteiger partial charge in [-0.3, -0.25) is 14.3 Å². The summed E-state index contributed by atoms with van der Waals surface area (Å²) >= 11 is 0. The second-order valence-electron chi connectivity index (χ2n) is 11.8. The zero-order chi connectivity index (χ0) is 30.3. The molecule has 1 fully saturated rings. The Balaban J connectivity index is 1.36. The van der Waals surface area contributed by atoms with E-state index in [0.717, 1.165) is 42.7 Å². The van der Waals surface area contributed by atoms with Crippen molar-refractivity contribution in [2.45, 2.75) is 59.1 Å². The van der Waals surface area contributed by atoms with Gasteiger partial charge in [-0.25, -0.2) is 9.78 Å². The van der Waals surface area contributed by atoms with Crippen LogP contribution in [-0.4, -0.2) is 73.2 Å². The number of carbonyl (C=O) groups is 3. The van der Waals surface area contributed by atoms with Gasteiger partial charge in [-0.05, 0) is 65.7 Å². The topological polar surface area (TPSA) is 140 Å². The molecule has 0 spiro atoms. The molecule has 222 valence electrons. The van der Waals surface area contributed by atoms with Gasteiger partial charge in [0.05, 0.1) is 22.5 Å². The number of pyridine rings is 1. The van der Waals surface area contributed by atoms with Crippen LogP contribution in [0.4, 0.5) is 16.2 Å². The van der Waals surface area contributed by atoms with E-state index in [9.17, 15) is 14.4 Å². The highest BCUT2D eigenvalue weighted by Gasteiger charge is 2.31. The van der Waals surface area contributed by atoms with Crippen LogP contribution in [0.3, 0.4) is 0 Å². The number of carbonyl (C=O) groups excluding carboxylic acids is 3. The summed E-state index contributed by atoms with van der Waals surface area (Å²) in [5.41, 5.74) is 8.82. The van der Waals surface area contributed by atoms with Crippen LogP contribution in [0.2, 0.25) is 0 Å². The average Bonchev–Trinajstić information content (AvgIpc) is 3.48. The lowest BCUT2D eigenvalue weighted by Gasteiger charge is -2.39. The molecule has 1 saturated heterocycles. The minimum absolute atomic E-state index is 0.0949. The van der Waals surface area contributed by atoms with Crippen LogP contribution in [0, 0.1) is 6.92 Å². The first-order valence-corrected chi connectivity index (χ1v) is 14.2. The second-order valence-corrected chi connectivity index (χ2v) is 11.8. The van der Waals surface area contributed by atoms with Crippen LogP contribution < -0.4 is 16.0 Å². The molecule has 1 aromatic carbocycles. The maximum Gasteiger partial charge on any atom is 0.410 e. The lowest BCUT2D eigenvalue weighted by molar-refractivity contribution is 0.0149. The van der Waals surface area contributed by atoms with Crippen LogP contribution in [0.15, 0.2) is 36.8 Å². The Labute approximate surface area is 244 Å². The Bertz CT molecular complexity index is 1670. The van der Waals surface area contributed by atoms with Crippen molar-refractivity contribution in [2.24, 2.45) is 12.8 Å². The highest BCUT2D eigenvalue weighted by atomic mass is 16.6. The number of ether oxygens (including phenoxy) is 1. The minimum atomic E-state index is -0.630. The number of imidazole rings is 1. The molecule has 0 saturated carbocycles. The minimum Gasteiger partial charge on any atom is -0.444 e. The molecule has 0 aliphatic carbocycles. The van der Waals surface area contributed by atoms with E-state index in [1.54, 1.807) is 27.5 Å². The van der Waals surface area contributed by atoms with E-state index in [0.29, 0.717) is 29.0 Å². The fourth-order valence-corrected chi connectivity index (χ4v) is 5.61. The van der Waals surface area contributed by atoms with Gasteiger partial charge >= 0.3 is 6.09 Å². The van der Waals surface area contributed by atoms with Crippen molar-refractivity contribution in [3.8, 4) is 0 Å². The van der Waals surface area contributed by atoms with E-state index in [1.807, 2.05) is 58.8 Å². The number of aryl methyl sites for hydroxylation is 2. The molecular weight excluding hydrogens is 536 g/mol. The summed E-state index contributed by atoms with van der Waals surface area (Å²) < 4.78 is 9.01. The number of hydrogen-bond acceptors (Lipinski definition) is 7. The SMILES string of the molecule is CCN(C(=O)OC(C)(C)C)C1CCN(c2ccc(C(=O)Nc3cc(C(N)=O)c4nc(C)cn4c3)c3nn(C)cc23)CC1. The zero-order valence-electron chi connectivity index (χ0n) is 25.0. The van der Waals surface area contributed by atoms with E-state index in [4.69, 9.17) is 10.5 Å². The molecule has 5 rings (SSSR count). The molecule has 3 aromatic heterocycles. The van der Waals surface area contributed by atoms with Gasteiger partial charge in [0.2, 0.25) is 0 Å². The van der Waals surface area contributed by atoms with Gasteiger partial charge in [0.1, 0.15) is 16.8 Å². The average molecular weight is 575 g/mol. The first-order chi connectivity index (χ1) is 19.8. The van der Waals surface area contributed by atoms with Crippen LogP contribution in [-0.2, 0) is 11.8 Å². The third kappa shape index (κ3) is 5.74. The van der Waals surface area contributed by atoms with E-state index in [1.165, 1.54) is 6.07 Å². The summed E-state index contributed by atoms with van der Waals surface area (Å²) in [5, 5.41) is 8.38. The quantitative estimate of drug-likeness (QED) is 0.353. The van der Waals surface area contributed by atoms with Gasteiger partial charge in [-0.1, -0.05) is 0 Å². The third-order valence-corrected chi connectivity index (χ3v) is 7.42. The number of rotatable bonds is 6. The summed E-state index contributed by atoms with van der Waals surface area (Å²) in [6.45, 7) is 11.5. The number of primary amides is 1. The molecule has 0 unspecified atom stereocenters. The van der Waals surface area contributed by atoms with Crippen LogP contribution >= 0.6 is 0 Å². The molecule has 0 bridgehead atoms.